The second-order valence-electron chi connectivity index (χ2n) is 4.77. The van der Waals surface area contributed by atoms with Gasteiger partial charge in [-0.05, 0) is 18.8 Å². The monoisotopic (exact) mass is 234 g/mol. The molecule has 0 atom stereocenters. The van der Waals surface area contributed by atoms with Gasteiger partial charge in [0.1, 0.15) is 5.75 Å². The van der Waals surface area contributed by atoms with E-state index in [-0.39, 0.29) is 0 Å². The van der Waals surface area contributed by atoms with Crippen LogP contribution >= 0.6 is 0 Å². The molecule has 94 valence electrons. The number of pyridine rings is 1. The van der Waals surface area contributed by atoms with Crippen LogP contribution in [0.5, 0.6) is 5.75 Å². The summed E-state index contributed by atoms with van der Waals surface area (Å²) in [4.78, 5) is 4.18. The van der Waals surface area contributed by atoms with Crippen LogP contribution in [0.1, 0.15) is 39.0 Å². The Morgan fingerprint density at radius 2 is 2.29 bits per heavy atom. The molecule has 1 aliphatic rings. The Kier molecular flexibility index (Phi) is 4.65. The van der Waals surface area contributed by atoms with Crippen LogP contribution < -0.4 is 10.1 Å². The van der Waals surface area contributed by atoms with E-state index >= 15 is 0 Å². The Labute approximate surface area is 104 Å². The molecule has 1 aromatic rings. The minimum absolute atomic E-state index is 0.823. The fourth-order valence-electron chi connectivity index (χ4n) is 1.99. The summed E-state index contributed by atoms with van der Waals surface area (Å²) in [6, 6.07) is 2.03. The summed E-state index contributed by atoms with van der Waals surface area (Å²) < 4.78 is 5.73. The van der Waals surface area contributed by atoms with Gasteiger partial charge in [0.25, 0.3) is 0 Å². The Balaban J connectivity index is 1.74. The first-order valence-electron chi connectivity index (χ1n) is 6.70. The largest absolute Gasteiger partial charge is 0.492 e. The number of hydrogen-bond donors (Lipinski definition) is 1. The van der Waals surface area contributed by atoms with Gasteiger partial charge in [0.2, 0.25) is 0 Å². The van der Waals surface area contributed by atoms with E-state index in [2.05, 4.69) is 17.2 Å². The van der Waals surface area contributed by atoms with Crippen LogP contribution in [0.15, 0.2) is 18.5 Å². The molecule has 0 bridgehead atoms. The maximum atomic E-state index is 5.73. The zero-order chi connectivity index (χ0) is 11.9. The van der Waals surface area contributed by atoms with E-state index in [0.29, 0.717) is 0 Å². The highest BCUT2D eigenvalue weighted by Crippen LogP contribution is 2.29. The van der Waals surface area contributed by atoms with E-state index in [4.69, 9.17) is 4.74 Å². The van der Waals surface area contributed by atoms with Crippen LogP contribution in [-0.2, 0) is 0 Å². The summed E-state index contributed by atoms with van der Waals surface area (Å²) in [7, 11) is 0. The van der Waals surface area contributed by atoms with E-state index < -0.39 is 0 Å². The van der Waals surface area contributed by atoms with Crippen molar-refractivity contribution in [3.8, 4) is 5.75 Å². The molecule has 0 aliphatic heterocycles. The standard InChI is InChI=1S/C14H22N2O/c1-2-7-16-13-9-14(11-15-10-13)17-8-6-12-4-3-5-12/h9-12,16H,2-8H2,1H3. The maximum absolute atomic E-state index is 5.73. The van der Waals surface area contributed by atoms with Crippen LogP contribution in [0.3, 0.4) is 0 Å². The average molecular weight is 234 g/mol. The first kappa shape index (κ1) is 12.2. The van der Waals surface area contributed by atoms with Crippen molar-refractivity contribution in [1.82, 2.24) is 4.98 Å². The van der Waals surface area contributed by atoms with Gasteiger partial charge in [0.15, 0.2) is 0 Å². The highest BCUT2D eigenvalue weighted by Gasteiger charge is 2.16. The molecule has 0 spiro atoms. The summed E-state index contributed by atoms with van der Waals surface area (Å²) in [5.41, 5.74) is 1.05. The Morgan fingerprint density at radius 3 is 3.00 bits per heavy atom. The lowest BCUT2D eigenvalue weighted by Crippen LogP contribution is -2.14. The highest BCUT2D eigenvalue weighted by atomic mass is 16.5. The van der Waals surface area contributed by atoms with Crippen LogP contribution in [0.2, 0.25) is 0 Å². The summed E-state index contributed by atoms with van der Waals surface area (Å²) >= 11 is 0. The molecule has 1 saturated carbocycles. The summed E-state index contributed by atoms with van der Waals surface area (Å²) in [6.45, 7) is 3.95. The molecule has 1 aliphatic carbocycles. The Hall–Kier alpha value is -1.25. The summed E-state index contributed by atoms with van der Waals surface area (Å²) in [5.74, 6) is 1.79. The van der Waals surface area contributed by atoms with Crippen molar-refractivity contribution in [2.45, 2.75) is 39.0 Å². The topological polar surface area (TPSA) is 34.2 Å². The van der Waals surface area contributed by atoms with Gasteiger partial charge in [-0.15, -0.1) is 0 Å². The number of anilines is 1. The first-order chi connectivity index (χ1) is 8.38. The number of aromatic nitrogens is 1. The van der Waals surface area contributed by atoms with Gasteiger partial charge < -0.3 is 10.1 Å². The molecule has 1 fully saturated rings. The highest BCUT2D eigenvalue weighted by molar-refractivity contribution is 5.44. The van der Waals surface area contributed by atoms with E-state index in [1.807, 2.05) is 12.3 Å². The lowest BCUT2D eigenvalue weighted by molar-refractivity contribution is 0.221. The van der Waals surface area contributed by atoms with Gasteiger partial charge in [-0.3, -0.25) is 4.98 Å². The number of nitrogens with zero attached hydrogens (tertiary/aromatic N) is 1. The van der Waals surface area contributed by atoms with Crippen LogP contribution in [0.25, 0.3) is 0 Å². The van der Waals surface area contributed by atoms with Gasteiger partial charge in [0, 0.05) is 12.6 Å². The second-order valence-corrected chi connectivity index (χ2v) is 4.77. The predicted octanol–water partition coefficient (Wildman–Crippen LogP) is 3.47. The average Bonchev–Trinajstić information content (AvgIpc) is 2.30. The fourth-order valence-corrected chi connectivity index (χ4v) is 1.99. The SMILES string of the molecule is CCCNc1cncc(OCCC2CCC2)c1. The molecule has 1 heterocycles. The molecule has 17 heavy (non-hydrogen) atoms. The van der Waals surface area contributed by atoms with Crippen molar-refractivity contribution in [3.63, 3.8) is 0 Å². The quantitative estimate of drug-likeness (QED) is 0.784. The fraction of sp³-hybridized carbons (Fsp3) is 0.643. The second kappa shape index (κ2) is 6.48. The van der Waals surface area contributed by atoms with Crippen molar-refractivity contribution in [2.24, 2.45) is 5.92 Å². The Bertz CT molecular complexity index is 337. The molecular formula is C14H22N2O. The zero-order valence-electron chi connectivity index (χ0n) is 10.6. The van der Waals surface area contributed by atoms with Crippen molar-refractivity contribution in [1.29, 1.82) is 0 Å². The first-order valence-corrected chi connectivity index (χ1v) is 6.70. The third-order valence-electron chi connectivity index (χ3n) is 3.31. The maximum Gasteiger partial charge on any atom is 0.139 e. The van der Waals surface area contributed by atoms with Gasteiger partial charge in [-0.2, -0.15) is 0 Å². The molecule has 0 radical (unpaired) electrons. The van der Waals surface area contributed by atoms with E-state index in [1.54, 1.807) is 6.20 Å². The third kappa shape index (κ3) is 3.91. The van der Waals surface area contributed by atoms with Crippen molar-refractivity contribution in [3.05, 3.63) is 18.5 Å². The van der Waals surface area contributed by atoms with Gasteiger partial charge in [0.05, 0.1) is 24.7 Å². The van der Waals surface area contributed by atoms with Gasteiger partial charge in [-0.25, -0.2) is 0 Å². The minimum Gasteiger partial charge on any atom is -0.492 e. The smallest absolute Gasteiger partial charge is 0.139 e. The molecule has 2 rings (SSSR count). The van der Waals surface area contributed by atoms with E-state index in [9.17, 15) is 0 Å². The molecule has 0 saturated heterocycles. The molecule has 1 aromatic heterocycles. The van der Waals surface area contributed by atoms with E-state index in [0.717, 1.165) is 36.9 Å². The van der Waals surface area contributed by atoms with Crippen LogP contribution in [0.4, 0.5) is 5.69 Å². The van der Waals surface area contributed by atoms with Crippen molar-refractivity contribution < 1.29 is 4.74 Å². The normalized spacial score (nSPS) is 15.4. The minimum atomic E-state index is 0.823. The van der Waals surface area contributed by atoms with Crippen molar-refractivity contribution >= 4 is 5.69 Å². The lowest BCUT2D eigenvalue weighted by atomic mass is 9.83. The molecule has 0 amide bonds. The molecule has 3 heteroatoms. The molecular weight excluding hydrogens is 212 g/mol. The zero-order valence-corrected chi connectivity index (χ0v) is 10.6. The summed E-state index contributed by atoms with van der Waals surface area (Å²) in [5, 5.41) is 3.31. The van der Waals surface area contributed by atoms with Crippen LogP contribution in [-0.4, -0.2) is 18.1 Å². The molecule has 1 N–H and O–H groups in total. The van der Waals surface area contributed by atoms with Crippen molar-refractivity contribution in [2.75, 3.05) is 18.5 Å². The number of rotatable bonds is 7. The number of nitrogens with one attached hydrogen (secondary N) is 1. The third-order valence-corrected chi connectivity index (χ3v) is 3.31. The predicted molar refractivity (Wildman–Crippen MR) is 70.5 cm³/mol. The van der Waals surface area contributed by atoms with Gasteiger partial charge >= 0.3 is 0 Å². The number of hydrogen-bond acceptors (Lipinski definition) is 3. The number of ether oxygens (including phenoxy) is 1. The molecule has 3 nitrogen and oxygen atoms in total. The van der Waals surface area contributed by atoms with E-state index in [1.165, 1.54) is 25.7 Å². The Morgan fingerprint density at radius 1 is 1.41 bits per heavy atom. The molecule has 0 aromatic carbocycles. The molecule has 0 unspecified atom stereocenters. The lowest BCUT2D eigenvalue weighted by Gasteiger charge is -2.24. The van der Waals surface area contributed by atoms with Gasteiger partial charge in [-0.1, -0.05) is 26.2 Å². The summed E-state index contributed by atoms with van der Waals surface area (Å²) in [6.07, 6.45) is 10.1. The van der Waals surface area contributed by atoms with Crippen LogP contribution in [0, 0.1) is 5.92 Å².